The number of rotatable bonds is 0. The van der Waals surface area contributed by atoms with Gasteiger partial charge in [0.25, 0.3) is 0 Å². The smallest absolute Gasteiger partial charge is 0 e. The Hall–Kier alpha value is 49.9. The van der Waals surface area contributed by atoms with Gasteiger partial charge in [-0.2, -0.15) is 0 Å². The fourth-order valence-electron chi connectivity index (χ4n) is 0. The van der Waals surface area contributed by atoms with E-state index in [4.69, 9.17) is 0 Å². The van der Waals surface area contributed by atoms with Gasteiger partial charge in [-0.25, -0.2) is 0 Å². The van der Waals surface area contributed by atoms with E-state index in [-0.39, 0.29) is 1660 Å². The first-order valence-corrected chi connectivity index (χ1v) is 0. The molecule has 0 spiro atoms. The Balaban J connectivity index is 0. The minimum atomic E-state index is 0. The zero-order valence-electron chi connectivity index (χ0n) is 32.4. The van der Waals surface area contributed by atoms with Crippen molar-refractivity contribution in [3.8, 4) is 0 Å². The zero-order chi connectivity index (χ0) is 0. The quantitative estimate of drug-likeness (QED) is 0.295. The van der Waals surface area contributed by atoms with Crippen molar-refractivity contribution in [3.05, 3.63) is 0 Å². The Morgan fingerprint density at radius 2 is 0.0200 bits per heavy atom. The van der Waals surface area contributed by atoms with E-state index in [0.717, 1.165) is 0 Å². The van der Waals surface area contributed by atoms with Crippen LogP contribution in [0.4, 0.5) is 0 Å². The maximum atomic E-state index is 0. The van der Waals surface area contributed by atoms with Crippen molar-refractivity contribution < 1.29 is 1660 Å². The summed E-state index contributed by atoms with van der Waals surface area (Å²) in [6.07, 6.45) is 0. The third-order valence-electron chi connectivity index (χ3n) is 0. The molecule has 100 heavy (non-hydrogen) atoms. The summed E-state index contributed by atoms with van der Waals surface area (Å²) < 4.78 is 0. The second-order valence-electron chi connectivity index (χ2n) is 0. The van der Waals surface area contributed by atoms with Gasteiger partial charge < -0.3 is 0 Å². The van der Waals surface area contributed by atoms with Crippen molar-refractivity contribution in [2.45, 2.75) is 0 Å². The van der Waals surface area contributed by atoms with E-state index in [1.807, 2.05) is 0 Å². The molecule has 0 rings (SSSR count). The van der Waals surface area contributed by atoms with E-state index >= 15 is 0 Å². The molecule has 0 aromatic heterocycles. The number of hydrogen-bond donors (Lipinski definition) is 0. The first-order chi connectivity index (χ1) is 0. The van der Waals surface area contributed by atoms with Gasteiger partial charge in [-0.15, -0.1) is 0 Å². The maximum Gasteiger partial charge on any atom is 0 e. The molecule has 0 saturated carbocycles. The van der Waals surface area contributed by atoms with Gasteiger partial charge in [0.05, 0.1) is 0 Å². The molecule has 0 amide bonds. The van der Waals surface area contributed by atoms with Crippen LogP contribution in [0.1, 0.15) is 0 Å². The van der Waals surface area contributed by atoms with Crippen LogP contribution in [0.15, 0.2) is 0 Å². The predicted molar refractivity (Wildman–Crippen MR) is 0 cm³/mol. The molecule has 100 heteroatoms. The summed E-state index contributed by atoms with van der Waals surface area (Å²) in [7, 11) is 0. The van der Waals surface area contributed by atoms with E-state index in [2.05, 4.69) is 0 Å². The van der Waals surface area contributed by atoms with Gasteiger partial charge in [0.15, 0.2) is 0 Å². The Bertz CT molecular complexity index is 72.2. The topological polar surface area (TPSA) is 0 Å². The average molecular weight is 5810 g/mol. The van der Waals surface area contributed by atoms with E-state index in [9.17, 15) is 0 Å². The molecule has 0 unspecified atom stereocenters. The molecule has 0 radical (unpaired) electrons. The molecule has 0 atom stereocenters. The molecule has 0 N–H and O–H groups in total. The summed E-state index contributed by atoms with van der Waals surface area (Å²) >= 11 is 0. The Kier molecular flexibility index (Phi) is 17500. The fourth-order valence-corrected chi connectivity index (χ4v) is 0. The SMILES string of the molecule is [Fe].[Fe].[Fe].[Fe].[Fe].[Fe].[Fe].[Fe].[Fe].[Fe].[Fe].[Fe].[Fe].[Fe].[Fe].[Fe].[Fe].[Fe].[Fe].[Fe].[Ni].[Ni].[Ni].[Ni].[Ni].[Ni].[Ni].[Ni].[Ni].[Ni].[Ni].[Ni].[Ni].[Ni].[Ni].[Ni].[Ni].[Ni].[Ni].[Ni].[Ni].[Ni].[Ni].[Ni].[Ni].[Ni].[Ni].[Ni].[Ni].[Ni].[Ni].[Ni].[Ni].[Ni].[Ni].[Ni].[Ni].[Ni].[Ni].[Ni].[Ni].[Ni].[Ni].[Ni].[Ni].[Ni].[Ni].[Ni].[Ni].[Ni].[Ni].[Ni].[Ni].[Ni].[Ni].[Ni].[Ni].[Ni].[Ni].[Ni].[Ni].[Ni].[Ni].[Ni].[Ni].[Ni].[Ni].[Ni].[Ni].[Ni].[Ni].[Ni].[Ni].[Ni].[Ni].[Ni].[Ni].[Ni].[Ni].[Ni]. The van der Waals surface area contributed by atoms with Crippen molar-refractivity contribution in [1.29, 1.82) is 0 Å². The van der Waals surface area contributed by atoms with Crippen LogP contribution in [0.3, 0.4) is 0 Å². The van der Waals surface area contributed by atoms with Gasteiger partial charge in [0.2, 0.25) is 0 Å². The molecule has 0 fully saturated rings. The van der Waals surface area contributed by atoms with Crippen molar-refractivity contribution >= 4 is 0 Å². The Morgan fingerprint density at radius 1 is 0.0200 bits per heavy atom. The van der Waals surface area contributed by atoms with Crippen molar-refractivity contribution in [2.24, 2.45) is 0 Å². The van der Waals surface area contributed by atoms with Gasteiger partial charge in [-0.1, -0.05) is 0 Å². The Labute approximate surface area is 1620 Å². The van der Waals surface area contributed by atoms with Crippen LogP contribution < -0.4 is 0 Å². The van der Waals surface area contributed by atoms with Crippen LogP contribution in [-0.2, 0) is 1660 Å². The standard InChI is InChI=1S/20Fe.80Ni. The van der Waals surface area contributed by atoms with Gasteiger partial charge in [-0.3, -0.25) is 0 Å². The zero-order valence-corrected chi connectivity index (χ0v) is 133. The summed E-state index contributed by atoms with van der Waals surface area (Å²) in [6, 6.07) is 0. The molecular formula is Fe20Ni80. The minimum Gasteiger partial charge on any atom is 0 e. The van der Waals surface area contributed by atoms with Crippen LogP contribution in [0.2, 0.25) is 0 Å². The maximum absolute atomic E-state index is 0. The van der Waals surface area contributed by atoms with E-state index in [0.29, 0.717) is 0 Å². The van der Waals surface area contributed by atoms with Gasteiger partial charge in [-0.05, 0) is 0 Å². The normalized spacial score (nSPS) is 0. The summed E-state index contributed by atoms with van der Waals surface area (Å²) in [4.78, 5) is 0. The van der Waals surface area contributed by atoms with Gasteiger partial charge in [0.1, 0.15) is 0 Å². The molecular weight excluding hydrogens is 5810 g/mol. The Morgan fingerprint density at radius 3 is 0.0200 bits per heavy atom. The van der Waals surface area contributed by atoms with E-state index in [1.165, 1.54) is 0 Å². The van der Waals surface area contributed by atoms with E-state index < -0.39 is 0 Å². The predicted octanol–water partition coefficient (Wildman–Crippen LogP) is -0.250. The molecule has 0 heterocycles. The molecule has 0 aromatic carbocycles. The van der Waals surface area contributed by atoms with Crippen LogP contribution in [-0.4, -0.2) is 0 Å². The molecule has 0 aliphatic carbocycles. The third-order valence-corrected chi connectivity index (χ3v) is 0. The first kappa shape index (κ1) is 1340. The molecule has 960 valence electrons. The molecule has 0 nitrogen and oxygen atoms in total. The summed E-state index contributed by atoms with van der Waals surface area (Å²) in [5.74, 6) is 0. The van der Waals surface area contributed by atoms with Crippen molar-refractivity contribution in [2.75, 3.05) is 0 Å². The summed E-state index contributed by atoms with van der Waals surface area (Å²) in [6.45, 7) is 0. The average Bonchev–Trinajstić information content (AvgIpc) is 0. The van der Waals surface area contributed by atoms with Crippen LogP contribution in [0.25, 0.3) is 0 Å². The van der Waals surface area contributed by atoms with Crippen molar-refractivity contribution in [1.82, 2.24) is 0 Å². The van der Waals surface area contributed by atoms with Gasteiger partial charge in [0, 0.05) is 1660 Å². The molecule has 0 aliphatic rings. The largest absolute Gasteiger partial charge is 0 e. The third kappa shape index (κ3) is 1280. The fraction of sp³-hybridized carbons (Fsp3) is 0. The van der Waals surface area contributed by atoms with Crippen LogP contribution in [0, 0.1) is 0 Å². The van der Waals surface area contributed by atoms with Crippen LogP contribution >= 0.6 is 0 Å². The summed E-state index contributed by atoms with van der Waals surface area (Å²) in [5, 5.41) is 0. The molecule has 0 aromatic rings. The van der Waals surface area contributed by atoms with Crippen LogP contribution in [0.5, 0.6) is 0 Å². The molecule has 0 saturated heterocycles. The summed E-state index contributed by atoms with van der Waals surface area (Å²) in [5.41, 5.74) is 0. The minimum absolute atomic E-state index is 0. The van der Waals surface area contributed by atoms with Crippen molar-refractivity contribution in [3.63, 3.8) is 0 Å². The number of hydrogen-bond acceptors (Lipinski definition) is 0. The first-order valence-electron chi connectivity index (χ1n) is 0. The van der Waals surface area contributed by atoms with Gasteiger partial charge >= 0.3 is 0 Å². The second-order valence-corrected chi connectivity index (χ2v) is 0. The van der Waals surface area contributed by atoms with E-state index in [1.54, 1.807) is 0 Å². The molecule has 0 aliphatic heterocycles. The monoisotopic (exact) mass is 5750 g/mol. The molecule has 0 bridgehead atoms. The second kappa shape index (κ2) is 1310.